The van der Waals surface area contributed by atoms with Crippen molar-refractivity contribution < 1.29 is 23.9 Å². The summed E-state index contributed by atoms with van der Waals surface area (Å²) in [6, 6.07) is 24.1. The minimum atomic E-state index is -0.863. The van der Waals surface area contributed by atoms with Gasteiger partial charge in [0, 0.05) is 35.4 Å². The van der Waals surface area contributed by atoms with Crippen molar-refractivity contribution in [2.45, 2.75) is 13.5 Å². The lowest BCUT2D eigenvalue weighted by molar-refractivity contribution is -0.112. The largest absolute Gasteiger partial charge is 0.497 e. The van der Waals surface area contributed by atoms with Crippen molar-refractivity contribution in [1.29, 1.82) is 0 Å². The number of amides is 1. The average Bonchev–Trinajstić information content (AvgIpc) is 3.55. The lowest BCUT2D eigenvalue weighted by Crippen LogP contribution is -2.25. The first-order valence-electron chi connectivity index (χ1n) is 12.5. The van der Waals surface area contributed by atoms with E-state index in [0.717, 1.165) is 16.6 Å². The number of para-hydroxylation sites is 1. The number of aromatic amines is 1. The van der Waals surface area contributed by atoms with Crippen LogP contribution in [0.1, 0.15) is 33.3 Å². The maximum atomic E-state index is 13.4. The maximum absolute atomic E-state index is 13.4. The number of esters is 1. The number of nitrogens with one attached hydrogen (secondary N) is 2. The fourth-order valence-electron chi connectivity index (χ4n) is 4.55. The molecule has 0 atom stereocenters. The number of Topliss-reactive ketones (excluding diaryl/α,β-unsaturated/α-hetero) is 1. The number of hydrogen-bond acceptors (Lipinski definition) is 5. The molecule has 0 aliphatic heterocycles. The highest BCUT2D eigenvalue weighted by Crippen LogP contribution is 2.35. The molecule has 8 heteroatoms. The number of fused-ring (bicyclic) bond motifs is 1. The monoisotopic (exact) mass is 521 g/mol. The van der Waals surface area contributed by atoms with Gasteiger partial charge in [-0.2, -0.15) is 0 Å². The molecule has 0 aliphatic carbocycles. The maximum Gasteiger partial charge on any atom is 0.357 e. The molecule has 0 radical (unpaired) electrons. The van der Waals surface area contributed by atoms with Crippen LogP contribution in [0.25, 0.3) is 22.0 Å². The number of benzene rings is 3. The van der Waals surface area contributed by atoms with Crippen LogP contribution in [-0.4, -0.2) is 40.9 Å². The topological polar surface area (TPSA) is 102 Å². The normalized spacial score (nSPS) is 10.8. The summed E-state index contributed by atoms with van der Waals surface area (Å²) in [5, 5.41) is 3.39. The van der Waals surface area contributed by atoms with Gasteiger partial charge >= 0.3 is 5.97 Å². The number of hydrogen-bond donors (Lipinski definition) is 2. The number of ketones is 1. The van der Waals surface area contributed by atoms with E-state index in [2.05, 4.69) is 10.3 Å². The van der Waals surface area contributed by atoms with Gasteiger partial charge in [-0.05, 0) is 36.2 Å². The summed E-state index contributed by atoms with van der Waals surface area (Å²) >= 11 is 0. The third-order valence-corrected chi connectivity index (χ3v) is 6.42. The molecule has 2 N–H and O–H groups in total. The van der Waals surface area contributed by atoms with Crippen molar-refractivity contribution in [1.82, 2.24) is 9.55 Å². The zero-order valence-electron chi connectivity index (χ0n) is 21.6. The summed E-state index contributed by atoms with van der Waals surface area (Å²) < 4.78 is 12.4. The standard InChI is InChI=1S/C31H27N3O5/c1-3-39-31(37)28-27(33-30(36)29(35)24-17-32-26-12-8-7-11-23(24)26)25(21-13-15-22(38-2)16-14-21)19-34(28)18-20-9-5-4-6-10-20/h4-17,19,32H,3,18H2,1-2H3,(H,33,36). The van der Waals surface area contributed by atoms with Gasteiger partial charge in [-0.1, -0.05) is 60.7 Å². The van der Waals surface area contributed by atoms with E-state index >= 15 is 0 Å². The van der Waals surface area contributed by atoms with Gasteiger partial charge in [0.05, 0.1) is 25.0 Å². The summed E-state index contributed by atoms with van der Waals surface area (Å²) in [5.41, 5.74) is 3.58. The Labute approximate surface area is 225 Å². The van der Waals surface area contributed by atoms with Gasteiger partial charge in [-0.15, -0.1) is 0 Å². The van der Waals surface area contributed by atoms with Crippen molar-refractivity contribution in [3.63, 3.8) is 0 Å². The molecular weight excluding hydrogens is 494 g/mol. The summed E-state index contributed by atoms with van der Waals surface area (Å²) in [5.74, 6) is -1.53. The van der Waals surface area contributed by atoms with Crippen molar-refractivity contribution >= 4 is 34.3 Å². The SMILES string of the molecule is CCOC(=O)c1c(NC(=O)C(=O)c2c[nH]c3ccccc23)c(-c2ccc(OC)cc2)cn1Cc1ccccc1. The van der Waals surface area contributed by atoms with Crippen molar-refractivity contribution in [2.24, 2.45) is 0 Å². The minimum absolute atomic E-state index is 0.145. The second kappa shape index (κ2) is 11.1. The van der Waals surface area contributed by atoms with Gasteiger partial charge < -0.3 is 24.3 Å². The van der Waals surface area contributed by atoms with E-state index in [9.17, 15) is 14.4 Å². The highest BCUT2D eigenvalue weighted by atomic mass is 16.5. The lowest BCUT2D eigenvalue weighted by atomic mass is 10.1. The van der Waals surface area contributed by atoms with Gasteiger partial charge in [-0.3, -0.25) is 9.59 Å². The van der Waals surface area contributed by atoms with Gasteiger partial charge in [0.15, 0.2) is 5.69 Å². The van der Waals surface area contributed by atoms with Crippen LogP contribution < -0.4 is 10.1 Å². The van der Waals surface area contributed by atoms with Gasteiger partial charge in [0.2, 0.25) is 0 Å². The molecule has 0 unspecified atom stereocenters. The lowest BCUT2D eigenvalue weighted by Gasteiger charge is -2.12. The first kappa shape index (κ1) is 25.5. The molecule has 0 fully saturated rings. The molecule has 0 bridgehead atoms. The molecule has 2 heterocycles. The molecule has 0 spiro atoms. The Morgan fingerprint density at radius 2 is 1.64 bits per heavy atom. The number of ether oxygens (including phenoxy) is 2. The Morgan fingerprint density at radius 3 is 2.36 bits per heavy atom. The van der Waals surface area contributed by atoms with E-state index in [1.807, 2.05) is 54.6 Å². The number of aromatic nitrogens is 2. The molecule has 0 saturated heterocycles. The molecule has 39 heavy (non-hydrogen) atoms. The third kappa shape index (κ3) is 5.17. The summed E-state index contributed by atoms with van der Waals surface area (Å²) in [6.07, 6.45) is 3.30. The van der Waals surface area contributed by atoms with E-state index in [1.54, 1.807) is 49.1 Å². The highest BCUT2D eigenvalue weighted by molar-refractivity contribution is 6.48. The Balaban J connectivity index is 1.61. The van der Waals surface area contributed by atoms with Crippen LogP contribution in [0, 0.1) is 0 Å². The molecule has 5 rings (SSSR count). The number of carbonyl (C=O) groups is 3. The molecule has 8 nitrogen and oxygen atoms in total. The Hall–Kier alpha value is -5.11. The molecule has 5 aromatic rings. The number of anilines is 1. The van der Waals surface area contributed by atoms with Crippen LogP contribution in [0.3, 0.4) is 0 Å². The molecular formula is C31H27N3O5. The predicted molar refractivity (Wildman–Crippen MR) is 149 cm³/mol. The number of carbonyl (C=O) groups excluding carboxylic acids is 3. The Morgan fingerprint density at radius 1 is 0.923 bits per heavy atom. The molecule has 0 saturated carbocycles. The Bertz CT molecular complexity index is 1650. The fraction of sp³-hybridized carbons (Fsp3) is 0.129. The van der Waals surface area contributed by atoms with E-state index < -0.39 is 17.7 Å². The Kier molecular flexibility index (Phi) is 7.27. The zero-order valence-corrected chi connectivity index (χ0v) is 21.6. The predicted octanol–water partition coefficient (Wildman–Crippen LogP) is 5.69. The van der Waals surface area contributed by atoms with E-state index in [-0.39, 0.29) is 23.6 Å². The summed E-state index contributed by atoms with van der Waals surface area (Å²) in [6.45, 7) is 2.21. The van der Waals surface area contributed by atoms with Crippen LogP contribution >= 0.6 is 0 Å². The fourth-order valence-corrected chi connectivity index (χ4v) is 4.55. The second-order valence-electron chi connectivity index (χ2n) is 8.86. The number of rotatable bonds is 9. The highest BCUT2D eigenvalue weighted by Gasteiger charge is 2.28. The molecule has 196 valence electrons. The minimum Gasteiger partial charge on any atom is -0.497 e. The molecule has 3 aromatic carbocycles. The first-order chi connectivity index (χ1) is 19.0. The van der Waals surface area contributed by atoms with Crippen LogP contribution in [0.5, 0.6) is 5.75 Å². The molecule has 0 aliphatic rings. The summed E-state index contributed by atoms with van der Waals surface area (Å²) in [4.78, 5) is 43.0. The van der Waals surface area contributed by atoms with Gasteiger partial charge in [0.1, 0.15) is 5.75 Å². The molecule has 1 amide bonds. The number of nitrogens with zero attached hydrogens (tertiary/aromatic N) is 1. The van der Waals surface area contributed by atoms with Crippen LogP contribution in [-0.2, 0) is 16.1 Å². The first-order valence-corrected chi connectivity index (χ1v) is 12.5. The van der Waals surface area contributed by atoms with Crippen LogP contribution in [0.2, 0.25) is 0 Å². The van der Waals surface area contributed by atoms with Gasteiger partial charge in [-0.25, -0.2) is 4.79 Å². The van der Waals surface area contributed by atoms with E-state index in [1.165, 1.54) is 6.20 Å². The average molecular weight is 522 g/mol. The van der Waals surface area contributed by atoms with Crippen molar-refractivity contribution in [3.8, 4) is 16.9 Å². The van der Waals surface area contributed by atoms with E-state index in [4.69, 9.17) is 9.47 Å². The number of H-pyrrole nitrogens is 1. The molecule has 2 aromatic heterocycles. The zero-order chi connectivity index (χ0) is 27.4. The van der Waals surface area contributed by atoms with Gasteiger partial charge in [0.25, 0.3) is 11.7 Å². The summed E-state index contributed by atoms with van der Waals surface area (Å²) in [7, 11) is 1.58. The quantitative estimate of drug-likeness (QED) is 0.147. The third-order valence-electron chi connectivity index (χ3n) is 6.42. The van der Waals surface area contributed by atoms with Crippen molar-refractivity contribution in [3.05, 3.63) is 108 Å². The second-order valence-corrected chi connectivity index (χ2v) is 8.86. The van der Waals surface area contributed by atoms with Crippen molar-refractivity contribution in [2.75, 3.05) is 19.0 Å². The number of methoxy groups -OCH3 is 1. The van der Waals surface area contributed by atoms with E-state index in [0.29, 0.717) is 23.2 Å². The van der Waals surface area contributed by atoms with Crippen LogP contribution in [0.4, 0.5) is 5.69 Å². The van der Waals surface area contributed by atoms with Crippen LogP contribution in [0.15, 0.2) is 91.3 Å². The smallest absolute Gasteiger partial charge is 0.357 e.